The van der Waals surface area contributed by atoms with Gasteiger partial charge in [0.1, 0.15) is 23.1 Å². The summed E-state index contributed by atoms with van der Waals surface area (Å²) in [5, 5.41) is 1.13. The minimum absolute atomic E-state index is 0.208. The number of carbonyl (C=O) groups is 1. The molecule has 0 N–H and O–H groups in total. The molecule has 0 fully saturated rings. The lowest BCUT2D eigenvalue weighted by molar-refractivity contribution is -0.147. The van der Waals surface area contributed by atoms with Crippen LogP contribution in [0.3, 0.4) is 0 Å². The van der Waals surface area contributed by atoms with E-state index in [1.807, 2.05) is 48.5 Å². The number of hydrogen-bond acceptors (Lipinski definition) is 5. The van der Waals surface area contributed by atoms with Crippen molar-refractivity contribution < 1.29 is 18.7 Å². The number of benzene rings is 2. The molecule has 0 bridgehead atoms. The Morgan fingerprint density at radius 2 is 2.00 bits per heavy atom. The number of hydrogen-bond donors (Lipinski definition) is 0. The molecule has 0 saturated carbocycles. The third-order valence-electron chi connectivity index (χ3n) is 5.27. The van der Waals surface area contributed by atoms with Gasteiger partial charge in [-0.05, 0) is 30.5 Å². The Labute approximate surface area is 158 Å². The van der Waals surface area contributed by atoms with Crippen LogP contribution in [0.4, 0.5) is 0 Å². The Hall–Kier alpha value is -2.79. The lowest BCUT2D eigenvalue weighted by Crippen LogP contribution is -2.45. The Balaban J connectivity index is 1.61. The molecule has 4 rings (SSSR count). The Bertz CT molecular complexity index is 948. The van der Waals surface area contributed by atoms with Crippen LogP contribution in [0.2, 0.25) is 0 Å². The number of carbonyl (C=O) groups excluding carboxylic acids is 1. The van der Waals surface area contributed by atoms with E-state index in [4.69, 9.17) is 13.9 Å². The summed E-state index contributed by atoms with van der Waals surface area (Å²) in [4.78, 5) is 14.6. The van der Waals surface area contributed by atoms with Crippen molar-refractivity contribution in [2.24, 2.45) is 0 Å². The van der Waals surface area contributed by atoms with Crippen LogP contribution in [0.1, 0.15) is 16.9 Å². The molecule has 1 aliphatic rings. The molecule has 2 aromatic carbocycles. The number of rotatable bonds is 5. The summed E-state index contributed by atoms with van der Waals surface area (Å²) in [6.07, 6.45) is 1.47. The fourth-order valence-electron chi connectivity index (χ4n) is 3.83. The van der Waals surface area contributed by atoms with Gasteiger partial charge in [-0.15, -0.1) is 0 Å². The lowest BCUT2D eigenvalue weighted by atomic mass is 9.99. The molecule has 27 heavy (non-hydrogen) atoms. The molecule has 0 saturated heterocycles. The molecular formula is C22H23NO4. The molecule has 0 unspecified atom stereocenters. The fraction of sp³-hybridized carbons (Fsp3) is 0.318. The van der Waals surface area contributed by atoms with Gasteiger partial charge in [0.2, 0.25) is 0 Å². The zero-order valence-corrected chi connectivity index (χ0v) is 15.6. The summed E-state index contributed by atoms with van der Waals surface area (Å²) in [6.45, 7) is 1.39. The highest BCUT2D eigenvalue weighted by Gasteiger charge is 2.32. The van der Waals surface area contributed by atoms with Crippen LogP contribution in [0.25, 0.3) is 11.0 Å². The van der Waals surface area contributed by atoms with Crippen LogP contribution < -0.4 is 4.74 Å². The summed E-state index contributed by atoms with van der Waals surface area (Å²) in [7, 11) is 3.10. The van der Waals surface area contributed by atoms with Gasteiger partial charge in [0, 0.05) is 23.6 Å². The first-order chi connectivity index (χ1) is 13.2. The first kappa shape index (κ1) is 17.6. The van der Waals surface area contributed by atoms with E-state index in [-0.39, 0.29) is 12.0 Å². The molecule has 0 amide bonds. The number of ether oxygens (including phenoxy) is 2. The number of furan rings is 1. The molecule has 1 aliphatic heterocycles. The van der Waals surface area contributed by atoms with Gasteiger partial charge in [-0.2, -0.15) is 0 Å². The van der Waals surface area contributed by atoms with Gasteiger partial charge >= 0.3 is 5.97 Å². The number of nitrogens with zero attached hydrogens (tertiary/aromatic N) is 1. The van der Waals surface area contributed by atoms with E-state index in [9.17, 15) is 4.79 Å². The first-order valence-electron chi connectivity index (χ1n) is 9.13. The van der Waals surface area contributed by atoms with Crippen molar-refractivity contribution in [3.05, 3.63) is 65.4 Å². The molecule has 3 aromatic rings. The molecule has 0 aliphatic carbocycles. The largest absolute Gasteiger partial charge is 0.497 e. The second-order valence-corrected chi connectivity index (χ2v) is 6.82. The van der Waals surface area contributed by atoms with Gasteiger partial charge in [0.15, 0.2) is 0 Å². The van der Waals surface area contributed by atoms with Gasteiger partial charge in [0.25, 0.3) is 0 Å². The zero-order valence-electron chi connectivity index (χ0n) is 15.6. The third kappa shape index (κ3) is 3.43. The van der Waals surface area contributed by atoms with E-state index in [2.05, 4.69) is 4.90 Å². The van der Waals surface area contributed by atoms with E-state index < -0.39 is 0 Å². The second-order valence-electron chi connectivity index (χ2n) is 6.82. The van der Waals surface area contributed by atoms with Crippen LogP contribution in [0.15, 0.2) is 52.9 Å². The highest BCUT2D eigenvalue weighted by molar-refractivity contribution is 5.84. The highest BCUT2D eigenvalue weighted by atomic mass is 16.5. The SMILES string of the molecule is COC(=O)[C@H](Cc1ccccc1)N1CCc2c(oc3cc(OC)ccc23)C1. The van der Waals surface area contributed by atoms with Crippen molar-refractivity contribution in [1.82, 2.24) is 4.90 Å². The van der Waals surface area contributed by atoms with Gasteiger partial charge < -0.3 is 13.9 Å². The van der Waals surface area contributed by atoms with Crippen LogP contribution >= 0.6 is 0 Å². The molecule has 1 aromatic heterocycles. The summed E-state index contributed by atoms with van der Waals surface area (Å²) >= 11 is 0. The summed E-state index contributed by atoms with van der Waals surface area (Å²) < 4.78 is 16.5. The third-order valence-corrected chi connectivity index (χ3v) is 5.27. The van der Waals surface area contributed by atoms with Gasteiger partial charge in [0.05, 0.1) is 20.8 Å². The predicted octanol–water partition coefficient (Wildman–Crippen LogP) is 3.58. The average Bonchev–Trinajstić information content (AvgIpc) is 3.08. The van der Waals surface area contributed by atoms with Crippen molar-refractivity contribution in [3.63, 3.8) is 0 Å². The Morgan fingerprint density at radius 3 is 2.74 bits per heavy atom. The Kier molecular flexibility index (Phi) is 4.86. The van der Waals surface area contributed by atoms with Crippen molar-refractivity contribution in [2.45, 2.75) is 25.4 Å². The fourth-order valence-corrected chi connectivity index (χ4v) is 3.83. The van der Waals surface area contributed by atoms with E-state index >= 15 is 0 Å². The Morgan fingerprint density at radius 1 is 1.19 bits per heavy atom. The lowest BCUT2D eigenvalue weighted by Gasteiger charge is -2.32. The summed E-state index contributed by atoms with van der Waals surface area (Å²) in [5.41, 5.74) is 3.18. The predicted molar refractivity (Wildman–Crippen MR) is 103 cm³/mol. The topological polar surface area (TPSA) is 51.9 Å². The second kappa shape index (κ2) is 7.45. The van der Waals surface area contributed by atoms with E-state index in [1.165, 1.54) is 12.7 Å². The maximum Gasteiger partial charge on any atom is 0.323 e. The van der Waals surface area contributed by atoms with E-state index in [1.54, 1.807) is 7.11 Å². The van der Waals surface area contributed by atoms with Crippen LogP contribution in [-0.4, -0.2) is 37.7 Å². The van der Waals surface area contributed by atoms with Crippen molar-refractivity contribution >= 4 is 16.9 Å². The quantitative estimate of drug-likeness (QED) is 0.647. The molecule has 0 spiro atoms. The number of esters is 1. The summed E-state index contributed by atoms with van der Waals surface area (Å²) in [6, 6.07) is 15.6. The van der Waals surface area contributed by atoms with Crippen LogP contribution in [0.5, 0.6) is 5.75 Å². The van der Waals surface area contributed by atoms with Crippen LogP contribution in [0, 0.1) is 0 Å². The normalized spacial score (nSPS) is 15.3. The van der Waals surface area contributed by atoms with Crippen molar-refractivity contribution in [1.29, 1.82) is 0 Å². The minimum atomic E-state index is -0.326. The van der Waals surface area contributed by atoms with Crippen molar-refractivity contribution in [2.75, 3.05) is 20.8 Å². The monoisotopic (exact) mass is 365 g/mol. The molecular weight excluding hydrogens is 342 g/mol. The molecule has 5 nitrogen and oxygen atoms in total. The smallest absolute Gasteiger partial charge is 0.323 e. The van der Waals surface area contributed by atoms with Gasteiger partial charge in [-0.1, -0.05) is 30.3 Å². The standard InChI is InChI=1S/C22H23NO4/c1-25-16-8-9-17-18-10-11-23(14-21(18)27-20(17)13-16)19(22(24)26-2)12-15-6-4-3-5-7-15/h3-9,13,19H,10-12,14H2,1-2H3/t19-/m0/s1. The zero-order chi connectivity index (χ0) is 18.8. The van der Waals surface area contributed by atoms with E-state index in [0.717, 1.165) is 41.0 Å². The number of methoxy groups -OCH3 is 2. The maximum absolute atomic E-state index is 12.5. The van der Waals surface area contributed by atoms with E-state index in [0.29, 0.717) is 13.0 Å². The minimum Gasteiger partial charge on any atom is -0.497 e. The first-order valence-corrected chi connectivity index (χ1v) is 9.13. The van der Waals surface area contributed by atoms with Gasteiger partial charge in [-0.25, -0.2) is 0 Å². The highest BCUT2D eigenvalue weighted by Crippen LogP contribution is 2.33. The molecule has 2 heterocycles. The van der Waals surface area contributed by atoms with Crippen molar-refractivity contribution in [3.8, 4) is 5.75 Å². The molecule has 140 valence electrons. The molecule has 0 radical (unpaired) electrons. The number of fused-ring (bicyclic) bond motifs is 3. The molecule has 5 heteroatoms. The van der Waals surface area contributed by atoms with Gasteiger partial charge in [-0.3, -0.25) is 9.69 Å². The maximum atomic E-state index is 12.5. The molecule has 1 atom stereocenters. The van der Waals surface area contributed by atoms with Crippen LogP contribution in [-0.2, 0) is 28.9 Å². The average molecular weight is 365 g/mol. The summed E-state index contributed by atoms with van der Waals surface area (Å²) in [5.74, 6) is 1.49.